The molecule has 3 fully saturated rings. The first-order chi connectivity index (χ1) is 30.5. The van der Waals surface area contributed by atoms with Crippen molar-refractivity contribution in [2.45, 2.75) is 113 Å². The summed E-state index contributed by atoms with van der Waals surface area (Å²) in [6.45, 7) is 4.62. The van der Waals surface area contributed by atoms with Crippen molar-refractivity contribution in [2.24, 2.45) is 17.8 Å². The van der Waals surface area contributed by atoms with Gasteiger partial charge in [0.2, 0.25) is 33.3 Å². The normalized spacial score (nSPS) is 27.0. The number of alkyl carbamates (subject to hydrolysis) is 1. The molecule has 4 amide bonds. The van der Waals surface area contributed by atoms with Crippen LogP contribution in [0.5, 0.6) is 17.4 Å². The van der Waals surface area contributed by atoms with E-state index in [0.29, 0.717) is 73.7 Å². The van der Waals surface area contributed by atoms with Gasteiger partial charge >= 0.3 is 12.3 Å². The highest BCUT2D eigenvalue weighted by Crippen LogP contribution is 2.46. The maximum absolute atomic E-state index is 15.0. The molecule has 3 aromatic rings. The third-order valence-electron chi connectivity index (χ3n) is 12.6. The third kappa shape index (κ3) is 10.1. The van der Waals surface area contributed by atoms with Gasteiger partial charge in [0.05, 0.1) is 31.7 Å². The average molecular weight is 932 g/mol. The number of halogens is 4. The second-order valence-corrected chi connectivity index (χ2v) is 20.0. The largest absolute Gasteiger partial charge is 0.497 e. The second-order valence-electron chi connectivity index (χ2n) is 18.0. The Kier molecular flexibility index (Phi) is 13.1. The number of aromatic nitrogens is 1. The van der Waals surface area contributed by atoms with Crippen LogP contribution in [0.3, 0.4) is 0 Å². The Morgan fingerprint density at radius 2 is 1.72 bits per heavy atom. The van der Waals surface area contributed by atoms with Gasteiger partial charge in [0.25, 0.3) is 5.91 Å². The number of methoxy groups -OCH3 is 2. The molecule has 7 rings (SSSR count). The van der Waals surface area contributed by atoms with Crippen LogP contribution >= 0.6 is 0 Å². The SMILES string of the molecule is COc1ccc2c(O[C@@H]3C[C@H]4C(=O)N[C@]5(C(=O)NS(=O)(=O)C6CC6)CC5/C=C\CC[C@@H](C)C[C@@H](C)[C@H](NC(=O)OC(C)(C)C(F)(F)F)C(=O)N4C3)nc(-c3ccc(OC)c(F)c3)cc2c1. The molecule has 7 atom stereocenters. The fourth-order valence-electron chi connectivity index (χ4n) is 8.50. The van der Waals surface area contributed by atoms with Crippen LogP contribution < -0.4 is 29.6 Å². The number of nitrogens with zero attached hydrogens (tertiary/aromatic N) is 2. The molecule has 0 bridgehead atoms. The number of allylic oxidation sites excluding steroid dienone is 1. The van der Waals surface area contributed by atoms with Crippen molar-refractivity contribution in [1.82, 2.24) is 25.2 Å². The number of carbonyl (C=O) groups excluding carboxylic acids is 4. The predicted octanol–water partition coefficient (Wildman–Crippen LogP) is 6.34. The van der Waals surface area contributed by atoms with E-state index in [-0.39, 0.29) is 36.9 Å². The van der Waals surface area contributed by atoms with E-state index >= 15 is 0 Å². The number of rotatable bonds is 10. The molecular formula is C45H53F4N5O10S. The molecule has 0 radical (unpaired) electrons. The van der Waals surface area contributed by atoms with E-state index in [9.17, 15) is 45.2 Å². The van der Waals surface area contributed by atoms with Gasteiger partial charge in [-0.3, -0.25) is 19.1 Å². The van der Waals surface area contributed by atoms with Gasteiger partial charge in [0.15, 0.2) is 11.6 Å². The van der Waals surface area contributed by atoms with Gasteiger partial charge in [-0.05, 0) is 112 Å². The Balaban J connectivity index is 1.27. The van der Waals surface area contributed by atoms with E-state index in [1.54, 1.807) is 43.3 Å². The molecule has 0 spiro atoms. The van der Waals surface area contributed by atoms with Crippen molar-refractivity contribution >= 4 is 44.6 Å². The lowest BCUT2D eigenvalue weighted by Crippen LogP contribution is -2.59. The average Bonchev–Trinajstić information content (AvgIpc) is 4.17. The van der Waals surface area contributed by atoms with Crippen LogP contribution in [0, 0.1) is 23.6 Å². The van der Waals surface area contributed by atoms with Crippen LogP contribution in [0.1, 0.15) is 72.6 Å². The molecule has 352 valence electrons. The fraction of sp³-hybridized carbons (Fsp3) is 0.533. The third-order valence-corrected chi connectivity index (χ3v) is 14.5. The predicted molar refractivity (Wildman–Crippen MR) is 229 cm³/mol. The molecule has 1 unspecified atom stereocenters. The number of carbonyl (C=O) groups is 4. The lowest BCUT2D eigenvalue weighted by Gasteiger charge is -2.34. The maximum Gasteiger partial charge on any atom is 0.427 e. The van der Waals surface area contributed by atoms with Gasteiger partial charge in [-0.25, -0.2) is 22.6 Å². The minimum atomic E-state index is -4.95. The monoisotopic (exact) mass is 931 g/mol. The van der Waals surface area contributed by atoms with Crippen molar-refractivity contribution in [3.63, 3.8) is 0 Å². The highest BCUT2D eigenvalue weighted by atomic mass is 32.2. The Morgan fingerprint density at radius 1 is 0.985 bits per heavy atom. The van der Waals surface area contributed by atoms with E-state index in [4.69, 9.17) is 23.9 Å². The van der Waals surface area contributed by atoms with Crippen LogP contribution in [0.15, 0.2) is 54.6 Å². The quantitative estimate of drug-likeness (QED) is 0.152. The summed E-state index contributed by atoms with van der Waals surface area (Å²) in [5.74, 6) is -4.05. The summed E-state index contributed by atoms with van der Waals surface area (Å²) >= 11 is 0. The smallest absolute Gasteiger partial charge is 0.427 e. The number of hydrogen-bond donors (Lipinski definition) is 3. The summed E-state index contributed by atoms with van der Waals surface area (Å²) in [5, 5.41) is 5.49. The van der Waals surface area contributed by atoms with Crippen molar-refractivity contribution in [2.75, 3.05) is 20.8 Å². The Labute approximate surface area is 374 Å². The van der Waals surface area contributed by atoms with E-state index in [2.05, 4.69) is 15.4 Å². The number of amides is 4. The zero-order chi connectivity index (χ0) is 47.2. The summed E-state index contributed by atoms with van der Waals surface area (Å²) in [4.78, 5) is 62.7. The summed E-state index contributed by atoms with van der Waals surface area (Å²) in [6, 6.07) is 8.16. The summed E-state index contributed by atoms with van der Waals surface area (Å²) in [7, 11) is -1.21. The number of fused-ring (bicyclic) bond motifs is 3. The van der Waals surface area contributed by atoms with Gasteiger partial charge in [-0.15, -0.1) is 0 Å². The number of hydrogen-bond acceptors (Lipinski definition) is 11. The molecule has 4 aliphatic rings. The highest BCUT2D eigenvalue weighted by Gasteiger charge is 2.62. The van der Waals surface area contributed by atoms with Crippen LogP contribution in [-0.4, -0.2) is 104 Å². The number of nitrogens with one attached hydrogen (secondary N) is 3. The van der Waals surface area contributed by atoms with Crippen molar-refractivity contribution in [3.05, 3.63) is 60.4 Å². The van der Waals surface area contributed by atoms with Gasteiger partial charge in [0.1, 0.15) is 29.5 Å². The lowest BCUT2D eigenvalue weighted by molar-refractivity contribution is -0.244. The van der Waals surface area contributed by atoms with Gasteiger partial charge in [0, 0.05) is 23.3 Å². The number of benzene rings is 2. The van der Waals surface area contributed by atoms with Crippen molar-refractivity contribution in [1.29, 1.82) is 0 Å². The van der Waals surface area contributed by atoms with Gasteiger partial charge in [-0.1, -0.05) is 26.0 Å². The molecule has 15 nitrogen and oxygen atoms in total. The van der Waals surface area contributed by atoms with Crippen molar-refractivity contribution < 1.29 is 64.1 Å². The molecule has 20 heteroatoms. The molecular weight excluding hydrogens is 879 g/mol. The molecule has 65 heavy (non-hydrogen) atoms. The van der Waals surface area contributed by atoms with Crippen LogP contribution in [-0.2, 0) is 29.1 Å². The van der Waals surface area contributed by atoms with Gasteiger partial charge in [-0.2, -0.15) is 13.2 Å². The lowest BCUT2D eigenvalue weighted by atomic mass is 9.88. The van der Waals surface area contributed by atoms with E-state index in [1.165, 1.54) is 26.4 Å². The van der Waals surface area contributed by atoms with Crippen LogP contribution in [0.2, 0.25) is 0 Å². The topological polar surface area (TPSA) is 192 Å². The minimum Gasteiger partial charge on any atom is -0.497 e. The summed E-state index contributed by atoms with van der Waals surface area (Å²) in [5.41, 5.74) is -3.96. The Morgan fingerprint density at radius 3 is 2.38 bits per heavy atom. The first kappa shape index (κ1) is 47.3. The van der Waals surface area contributed by atoms with E-state index < -0.39 is 92.2 Å². The second kappa shape index (κ2) is 18.0. The number of ether oxygens (including phenoxy) is 4. The molecule has 1 saturated heterocycles. The highest BCUT2D eigenvalue weighted by molar-refractivity contribution is 7.91. The summed E-state index contributed by atoms with van der Waals surface area (Å²) < 4.78 is 107. The maximum atomic E-state index is 15.0. The molecule has 2 aromatic carbocycles. The van der Waals surface area contributed by atoms with Crippen molar-refractivity contribution in [3.8, 4) is 28.6 Å². The molecule has 2 saturated carbocycles. The Hall–Kier alpha value is -5.66. The molecule has 2 aliphatic heterocycles. The first-order valence-corrected chi connectivity index (χ1v) is 23.0. The molecule has 2 aliphatic carbocycles. The first-order valence-electron chi connectivity index (χ1n) is 21.5. The minimum absolute atomic E-state index is 0.0103. The van der Waals surface area contributed by atoms with E-state index in [0.717, 1.165) is 4.90 Å². The summed E-state index contributed by atoms with van der Waals surface area (Å²) in [6.07, 6.45) is -1.81. The van der Waals surface area contributed by atoms with Crippen LogP contribution in [0.4, 0.5) is 22.4 Å². The standard InChI is InChI=1S/C45H53F4N5O10S/c1-24-9-7-8-10-28-22-44(28,41(57)53-65(59,60)31-13-14-31)52-38(55)35-21-30(23-54(35)40(56)37(25(2)17-24)51-42(58)64-43(3,4)45(47,48)49)63-39-32-15-12-29(61-5)18-27(32)20-34(50-39)26-11-16-36(62-6)33(46)19-26/h8,10-12,15-16,18-20,24-25,28,30-31,35,37H,7,9,13-14,17,21-23H2,1-6H3,(H,51,58)(H,52,55)(H,53,57)/b10-8-/t24-,25-,28?,30-,35+,37+,44-/m1/s1. The van der Waals surface area contributed by atoms with Crippen LogP contribution in [0.25, 0.3) is 22.0 Å². The molecule has 3 heterocycles. The molecule has 3 N–H and O–H groups in total. The fourth-order valence-corrected chi connectivity index (χ4v) is 9.86. The Bertz CT molecular complexity index is 2500. The zero-order valence-electron chi connectivity index (χ0n) is 36.8. The number of pyridine rings is 1. The zero-order valence-corrected chi connectivity index (χ0v) is 37.6. The van der Waals surface area contributed by atoms with E-state index in [1.807, 2.05) is 13.0 Å². The number of alkyl halides is 3. The number of sulfonamides is 1. The van der Waals surface area contributed by atoms with Gasteiger partial charge < -0.3 is 34.5 Å². The molecule has 1 aromatic heterocycles.